The van der Waals surface area contributed by atoms with Gasteiger partial charge in [-0.05, 0) is 36.8 Å². The molecule has 0 atom stereocenters. The smallest absolute Gasteiger partial charge is 0.335 e. The fourth-order valence-corrected chi connectivity index (χ4v) is 3.18. The maximum Gasteiger partial charge on any atom is 0.335 e. The number of ether oxygens (including phenoxy) is 1. The number of pyridine rings is 1. The standard InChI is InChI=1S/C17H24N2O4/c1-23-10-8-17(6-3-2-4-7-17)12-19-15(20)14-11-13(16(21)22)5-9-18-14/h5,9,11H,2-4,6-8,10,12H2,1H3,(H,19,20)(H,21,22). The molecular weight excluding hydrogens is 296 g/mol. The van der Waals surface area contributed by atoms with Crippen LogP contribution in [-0.4, -0.2) is 42.2 Å². The van der Waals surface area contributed by atoms with Crippen molar-refractivity contribution in [2.45, 2.75) is 38.5 Å². The van der Waals surface area contributed by atoms with Crippen LogP contribution in [0.4, 0.5) is 0 Å². The quantitative estimate of drug-likeness (QED) is 0.806. The van der Waals surface area contributed by atoms with Gasteiger partial charge in [-0.25, -0.2) is 4.79 Å². The number of methoxy groups -OCH3 is 1. The molecule has 1 aromatic rings. The van der Waals surface area contributed by atoms with E-state index in [1.165, 1.54) is 37.6 Å². The first kappa shape index (κ1) is 17.4. The number of aromatic nitrogens is 1. The topological polar surface area (TPSA) is 88.5 Å². The van der Waals surface area contributed by atoms with Crippen molar-refractivity contribution in [2.75, 3.05) is 20.3 Å². The SMILES string of the molecule is COCCC1(CNC(=O)c2cc(C(=O)O)ccn2)CCCCC1. The molecule has 1 amide bonds. The van der Waals surface area contributed by atoms with Crippen LogP contribution in [0.5, 0.6) is 0 Å². The Kier molecular flexibility index (Phi) is 6.10. The van der Waals surface area contributed by atoms with Crippen LogP contribution in [0.15, 0.2) is 18.3 Å². The van der Waals surface area contributed by atoms with E-state index in [-0.39, 0.29) is 22.6 Å². The van der Waals surface area contributed by atoms with Crippen molar-refractivity contribution in [3.05, 3.63) is 29.6 Å². The summed E-state index contributed by atoms with van der Waals surface area (Å²) in [6.45, 7) is 1.26. The number of carbonyl (C=O) groups is 2. The Labute approximate surface area is 136 Å². The molecule has 1 aliphatic carbocycles. The second-order valence-corrected chi connectivity index (χ2v) is 6.22. The summed E-state index contributed by atoms with van der Waals surface area (Å²) in [6, 6.07) is 2.68. The molecule has 0 saturated heterocycles. The van der Waals surface area contributed by atoms with Crippen LogP contribution in [0.3, 0.4) is 0 Å². The average molecular weight is 320 g/mol. The van der Waals surface area contributed by atoms with Gasteiger partial charge in [-0.3, -0.25) is 9.78 Å². The molecule has 0 aromatic carbocycles. The van der Waals surface area contributed by atoms with Crippen LogP contribution in [0.1, 0.15) is 59.4 Å². The summed E-state index contributed by atoms with van der Waals surface area (Å²) in [5.41, 5.74) is 0.286. The number of nitrogens with zero attached hydrogens (tertiary/aromatic N) is 1. The molecule has 0 radical (unpaired) electrons. The Balaban J connectivity index is 2.00. The van der Waals surface area contributed by atoms with E-state index in [2.05, 4.69) is 10.3 Å². The number of carboxylic acid groups (broad SMARTS) is 1. The highest BCUT2D eigenvalue weighted by Gasteiger charge is 2.32. The molecule has 0 bridgehead atoms. The van der Waals surface area contributed by atoms with Crippen molar-refractivity contribution in [3.8, 4) is 0 Å². The van der Waals surface area contributed by atoms with Crippen molar-refractivity contribution in [2.24, 2.45) is 5.41 Å². The van der Waals surface area contributed by atoms with Gasteiger partial charge in [-0.1, -0.05) is 19.3 Å². The van der Waals surface area contributed by atoms with Crippen LogP contribution in [0, 0.1) is 5.41 Å². The van der Waals surface area contributed by atoms with Gasteiger partial charge in [0.05, 0.1) is 5.56 Å². The zero-order chi connectivity index (χ0) is 16.7. The molecule has 2 N–H and O–H groups in total. The normalized spacial score (nSPS) is 16.7. The van der Waals surface area contributed by atoms with Crippen molar-refractivity contribution >= 4 is 11.9 Å². The fraction of sp³-hybridized carbons (Fsp3) is 0.588. The van der Waals surface area contributed by atoms with E-state index in [9.17, 15) is 9.59 Å². The number of carboxylic acids is 1. The predicted octanol–water partition coefficient (Wildman–Crippen LogP) is 2.50. The van der Waals surface area contributed by atoms with Gasteiger partial charge < -0.3 is 15.2 Å². The van der Waals surface area contributed by atoms with Gasteiger partial charge in [-0.15, -0.1) is 0 Å². The van der Waals surface area contributed by atoms with Gasteiger partial charge in [0.2, 0.25) is 0 Å². The van der Waals surface area contributed by atoms with Gasteiger partial charge in [0, 0.05) is 26.5 Å². The Morgan fingerprint density at radius 2 is 2.09 bits per heavy atom. The molecule has 1 saturated carbocycles. The predicted molar refractivity (Wildman–Crippen MR) is 85.5 cm³/mol. The van der Waals surface area contributed by atoms with Gasteiger partial charge in [0.1, 0.15) is 5.69 Å². The second-order valence-electron chi connectivity index (χ2n) is 6.22. The summed E-state index contributed by atoms with van der Waals surface area (Å²) in [6.07, 6.45) is 8.02. The average Bonchev–Trinajstić information content (AvgIpc) is 2.59. The van der Waals surface area contributed by atoms with Crippen molar-refractivity contribution in [1.29, 1.82) is 0 Å². The Hall–Kier alpha value is -1.95. The monoisotopic (exact) mass is 320 g/mol. The molecule has 1 aromatic heterocycles. The lowest BCUT2D eigenvalue weighted by atomic mass is 9.72. The van der Waals surface area contributed by atoms with Crippen molar-refractivity contribution < 1.29 is 19.4 Å². The first-order chi connectivity index (χ1) is 11.1. The third-order valence-corrected chi connectivity index (χ3v) is 4.61. The summed E-state index contributed by atoms with van der Waals surface area (Å²) in [5, 5.41) is 11.9. The minimum atomic E-state index is -1.06. The Morgan fingerprint density at radius 1 is 1.35 bits per heavy atom. The summed E-state index contributed by atoms with van der Waals surface area (Å²) < 4.78 is 5.21. The number of aromatic carboxylic acids is 1. The highest BCUT2D eigenvalue weighted by molar-refractivity contribution is 5.95. The number of rotatable bonds is 7. The minimum Gasteiger partial charge on any atom is -0.478 e. The zero-order valence-corrected chi connectivity index (χ0v) is 13.5. The summed E-state index contributed by atoms with van der Waals surface area (Å²) in [7, 11) is 1.69. The number of nitrogens with one attached hydrogen (secondary N) is 1. The van der Waals surface area contributed by atoms with Crippen LogP contribution in [-0.2, 0) is 4.74 Å². The summed E-state index contributed by atoms with van der Waals surface area (Å²) >= 11 is 0. The van der Waals surface area contributed by atoms with Crippen LogP contribution >= 0.6 is 0 Å². The highest BCUT2D eigenvalue weighted by atomic mass is 16.5. The molecule has 0 unspecified atom stereocenters. The van der Waals surface area contributed by atoms with Gasteiger partial charge in [0.15, 0.2) is 0 Å². The van der Waals surface area contributed by atoms with E-state index in [4.69, 9.17) is 9.84 Å². The first-order valence-electron chi connectivity index (χ1n) is 8.03. The van der Waals surface area contributed by atoms with Gasteiger partial charge in [-0.2, -0.15) is 0 Å². The lowest BCUT2D eigenvalue weighted by Gasteiger charge is -2.37. The maximum absolute atomic E-state index is 12.3. The molecule has 6 heteroatoms. The highest BCUT2D eigenvalue weighted by Crippen LogP contribution is 2.38. The van der Waals surface area contributed by atoms with E-state index in [0.717, 1.165) is 19.3 Å². The molecule has 1 aliphatic rings. The van der Waals surface area contributed by atoms with Crippen LogP contribution in [0.2, 0.25) is 0 Å². The molecule has 2 rings (SSSR count). The Morgan fingerprint density at radius 3 is 2.74 bits per heavy atom. The van der Waals surface area contributed by atoms with Crippen molar-refractivity contribution in [3.63, 3.8) is 0 Å². The number of hydrogen-bond acceptors (Lipinski definition) is 4. The van der Waals surface area contributed by atoms with Crippen molar-refractivity contribution in [1.82, 2.24) is 10.3 Å². The minimum absolute atomic E-state index is 0.0666. The maximum atomic E-state index is 12.3. The van der Waals surface area contributed by atoms with Gasteiger partial charge in [0.25, 0.3) is 5.91 Å². The lowest BCUT2D eigenvalue weighted by Crippen LogP contribution is -2.40. The molecule has 0 aliphatic heterocycles. The third-order valence-electron chi connectivity index (χ3n) is 4.61. The van der Waals surface area contributed by atoms with E-state index in [1.807, 2.05) is 0 Å². The fourth-order valence-electron chi connectivity index (χ4n) is 3.18. The molecule has 0 spiro atoms. The first-order valence-corrected chi connectivity index (χ1v) is 8.03. The van der Waals surface area contributed by atoms with E-state index in [1.54, 1.807) is 7.11 Å². The molecule has 23 heavy (non-hydrogen) atoms. The molecule has 1 heterocycles. The van der Waals surface area contributed by atoms with E-state index in [0.29, 0.717) is 13.2 Å². The zero-order valence-electron chi connectivity index (χ0n) is 13.5. The molecular formula is C17H24N2O4. The molecule has 6 nitrogen and oxygen atoms in total. The summed E-state index contributed by atoms with van der Waals surface area (Å²) in [5.74, 6) is -1.39. The lowest BCUT2D eigenvalue weighted by molar-refractivity contribution is 0.0696. The van der Waals surface area contributed by atoms with E-state index < -0.39 is 5.97 Å². The van der Waals surface area contributed by atoms with E-state index >= 15 is 0 Å². The van der Waals surface area contributed by atoms with Gasteiger partial charge >= 0.3 is 5.97 Å². The van der Waals surface area contributed by atoms with Crippen LogP contribution < -0.4 is 5.32 Å². The number of amides is 1. The number of hydrogen-bond donors (Lipinski definition) is 2. The second kappa shape index (κ2) is 8.06. The largest absolute Gasteiger partial charge is 0.478 e. The molecule has 1 fully saturated rings. The molecule has 126 valence electrons. The van der Waals surface area contributed by atoms with Crippen LogP contribution in [0.25, 0.3) is 0 Å². The summed E-state index contributed by atoms with van der Waals surface area (Å²) in [4.78, 5) is 27.2. The number of carbonyl (C=O) groups excluding carboxylic acids is 1. The third kappa shape index (κ3) is 4.76. The Bertz CT molecular complexity index is 553.